The molecule has 15 heavy (non-hydrogen) atoms. The normalized spacial score (nSPS) is 11.9. The molecule has 0 saturated carbocycles. The summed E-state index contributed by atoms with van der Waals surface area (Å²) in [4.78, 5) is 1.33. The van der Waals surface area contributed by atoms with Gasteiger partial charge in [0, 0.05) is 10.9 Å². The molecule has 0 amide bonds. The second kappa shape index (κ2) is 8.03. The van der Waals surface area contributed by atoms with Crippen LogP contribution >= 0.6 is 24.2 Å². The van der Waals surface area contributed by atoms with Crippen molar-refractivity contribution in [2.24, 2.45) is 5.73 Å². The molecule has 0 heterocycles. The molecule has 0 radical (unpaired) electrons. The Bertz CT molecular complexity index is 261. The van der Waals surface area contributed by atoms with E-state index in [2.05, 4.69) is 38.1 Å². The van der Waals surface area contributed by atoms with Gasteiger partial charge in [0.25, 0.3) is 0 Å². The van der Waals surface area contributed by atoms with E-state index in [1.54, 1.807) is 0 Å². The van der Waals surface area contributed by atoms with Gasteiger partial charge in [0.15, 0.2) is 0 Å². The molecule has 0 spiro atoms. The number of halogens is 1. The highest BCUT2D eigenvalue weighted by molar-refractivity contribution is 7.99. The molecule has 1 aromatic rings. The molecule has 1 rings (SSSR count). The maximum Gasteiger partial charge on any atom is 0.0294 e. The zero-order valence-corrected chi connectivity index (χ0v) is 11.0. The van der Waals surface area contributed by atoms with Crippen LogP contribution < -0.4 is 5.73 Å². The van der Waals surface area contributed by atoms with Gasteiger partial charge in [0.1, 0.15) is 0 Å². The molecule has 0 aromatic heterocycles. The van der Waals surface area contributed by atoms with Crippen molar-refractivity contribution in [3.05, 3.63) is 29.8 Å². The Morgan fingerprint density at radius 1 is 1.20 bits per heavy atom. The summed E-state index contributed by atoms with van der Waals surface area (Å²) in [5, 5.41) is 0. The Morgan fingerprint density at radius 2 is 1.80 bits per heavy atom. The van der Waals surface area contributed by atoms with Crippen LogP contribution in [0.4, 0.5) is 0 Å². The van der Waals surface area contributed by atoms with Crippen LogP contribution in [0.3, 0.4) is 0 Å². The van der Waals surface area contributed by atoms with E-state index in [0.29, 0.717) is 0 Å². The van der Waals surface area contributed by atoms with Gasteiger partial charge in [-0.2, -0.15) is 0 Å². The van der Waals surface area contributed by atoms with Crippen molar-refractivity contribution in [2.45, 2.75) is 37.6 Å². The van der Waals surface area contributed by atoms with Crippen LogP contribution in [0.15, 0.2) is 29.2 Å². The van der Waals surface area contributed by atoms with E-state index in [4.69, 9.17) is 5.73 Å². The Morgan fingerprint density at radius 3 is 2.27 bits per heavy atom. The van der Waals surface area contributed by atoms with E-state index in [-0.39, 0.29) is 18.4 Å². The summed E-state index contributed by atoms with van der Waals surface area (Å²) >= 11 is 1.87. The molecule has 0 aliphatic rings. The van der Waals surface area contributed by atoms with Crippen molar-refractivity contribution in [1.29, 1.82) is 0 Å². The second-order valence-corrected chi connectivity index (χ2v) is 4.73. The first-order chi connectivity index (χ1) is 6.77. The van der Waals surface area contributed by atoms with Crippen molar-refractivity contribution < 1.29 is 0 Å². The molecular formula is C12H20ClNS. The number of hydrogen-bond donors (Lipinski definition) is 1. The number of thioether (sulfide) groups is 1. The molecule has 0 bridgehead atoms. The number of benzene rings is 1. The fourth-order valence-electron chi connectivity index (χ4n) is 1.46. The summed E-state index contributed by atoms with van der Waals surface area (Å²) in [5.41, 5.74) is 7.28. The lowest BCUT2D eigenvalue weighted by Crippen LogP contribution is -2.09. The van der Waals surface area contributed by atoms with E-state index in [9.17, 15) is 0 Å². The number of hydrogen-bond acceptors (Lipinski definition) is 2. The minimum atomic E-state index is 0. The number of rotatable bonds is 5. The monoisotopic (exact) mass is 245 g/mol. The molecule has 0 saturated heterocycles. The fraction of sp³-hybridized carbons (Fsp3) is 0.500. The van der Waals surface area contributed by atoms with Crippen molar-refractivity contribution in [3.8, 4) is 0 Å². The maximum atomic E-state index is 6.02. The van der Waals surface area contributed by atoms with Crippen molar-refractivity contribution in [1.82, 2.24) is 0 Å². The highest BCUT2D eigenvalue weighted by Crippen LogP contribution is 2.21. The van der Waals surface area contributed by atoms with Crippen LogP contribution in [-0.2, 0) is 0 Å². The molecule has 0 aliphatic heterocycles. The largest absolute Gasteiger partial charge is 0.324 e. The number of nitrogens with two attached hydrogens (primary N) is 1. The minimum absolute atomic E-state index is 0. The first-order valence-corrected chi connectivity index (χ1v) is 6.24. The Hall–Kier alpha value is -0.180. The summed E-state index contributed by atoms with van der Waals surface area (Å²) in [6.45, 7) is 4.34. The molecule has 0 unspecified atom stereocenters. The lowest BCUT2D eigenvalue weighted by atomic mass is 10.0. The van der Waals surface area contributed by atoms with Gasteiger partial charge >= 0.3 is 0 Å². The molecule has 86 valence electrons. The van der Waals surface area contributed by atoms with E-state index < -0.39 is 0 Å². The molecule has 3 heteroatoms. The van der Waals surface area contributed by atoms with E-state index in [1.165, 1.54) is 10.5 Å². The molecule has 1 aromatic carbocycles. The van der Waals surface area contributed by atoms with Gasteiger partial charge in [-0.25, -0.2) is 0 Å². The van der Waals surface area contributed by atoms with E-state index >= 15 is 0 Å². The molecule has 1 nitrogen and oxygen atoms in total. The fourth-order valence-corrected chi connectivity index (χ4v) is 2.12. The Kier molecular flexibility index (Phi) is 7.93. The van der Waals surface area contributed by atoms with Crippen LogP contribution in [0.2, 0.25) is 0 Å². The van der Waals surface area contributed by atoms with Gasteiger partial charge in [0.2, 0.25) is 0 Å². The summed E-state index contributed by atoms with van der Waals surface area (Å²) in [6.07, 6.45) is 2.22. The third-order valence-electron chi connectivity index (χ3n) is 2.22. The van der Waals surface area contributed by atoms with Gasteiger partial charge < -0.3 is 5.73 Å². The van der Waals surface area contributed by atoms with Gasteiger partial charge in [-0.05, 0) is 29.9 Å². The predicted molar refractivity (Wildman–Crippen MR) is 71.9 cm³/mol. The predicted octanol–water partition coefficient (Wildman–Crippen LogP) is 4.02. The lowest BCUT2D eigenvalue weighted by Gasteiger charge is -2.10. The lowest BCUT2D eigenvalue weighted by molar-refractivity contribution is 0.638. The summed E-state index contributed by atoms with van der Waals surface area (Å²) in [5.74, 6) is 1.13. The van der Waals surface area contributed by atoms with E-state index in [0.717, 1.165) is 18.6 Å². The summed E-state index contributed by atoms with van der Waals surface area (Å²) in [6, 6.07) is 8.84. The molecule has 0 aliphatic carbocycles. The highest BCUT2D eigenvalue weighted by atomic mass is 35.5. The van der Waals surface area contributed by atoms with Gasteiger partial charge in [-0.15, -0.1) is 24.2 Å². The first-order valence-electron chi connectivity index (χ1n) is 5.26. The van der Waals surface area contributed by atoms with Crippen LogP contribution in [0.5, 0.6) is 0 Å². The Labute approximate surface area is 103 Å². The zero-order chi connectivity index (χ0) is 10.4. The average molecular weight is 246 g/mol. The molecule has 0 fully saturated rings. The maximum absolute atomic E-state index is 6.02. The van der Waals surface area contributed by atoms with Gasteiger partial charge in [0.05, 0.1) is 0 Å². The van der Waals surface area contributed by atoms with Gasteiger partial charge in [-0.3, -0.25) is 0 Å². The van der Waals surface area contributed by atoms with Crippen LogP contribution in [0.25, 0.3) is 0 Å². The highest BCUT2D eigenvalue weighted by Gasteiger charge is 2.03. The third kappa shape index (κ3) is 4.92. The summed E-state index contributed by atoms with van der Waals surface area (Å²) in [7, 11) is 0. The van der Waals surface area contributed by atoms with Crippen LogP contribution in [0.1, 0.15) is 38.3 Å². The second-order valence-electron chi connectivity index (χ2n) is 3.40. The van der Waals surface area contributed by atoms with E-state index in [1.807, 2.05) is 11.8 Å². The van der Waals surface area contributed by atoms with Gasteiger partial charge in [-0.1, -0.05) is 32.4 Å². The van der Waals surface area contributed by atoms with Crippen molar-refractivity contribution >= 4 is 24.2 Å². The summed E-state index contributed by atoms with van der Waals surface area (Å²) < 4.78 is 0. The standard InChI is InChI=1S/C12H19NS.ClH/c1-3-5-12(13)10-6-8-11(9-7-10)14-4-2;/h6-9,12H,3-5,13H2,1-2H3;1H/t12-;/m0./s1. The Balaban J connectivity index is 0.00000196. The first kappa shape index (κ1) is 14.8. The van der Waals surface area contributed by atoms with Crippen molar-refractivity contribution in [3.63, 3.8) is 0 Å². The van der Waals surface area contributed by atoms with Crippen LogP contribution in [-0.4, -0.2) is 5.75 Å². The van der Waals surface area contributed by atoms with Crippen LogP contribution in [0, 0.1) is 0 Å². The average Bonchev–Trinajstić information content (AvgIpc) is 2.20. The topological polar surface area (TPSA) is 26.0 Å². The molecule has 1 atom stereocenters. The van der Waals surface area contributed by atoms with Crippen molar-refractivity contribution in [2.75, 3.05) is 5.75 Å². The zero-order valence-electron chi connectivity index (χ0n) is 9.40. The molecular weight excluding hydrogens is 226 g/mol. The smallest absolute Gasteiger partial charge is 0.0294 e. The quantitative estimate of drug-likeness (QED) is 0.793. The molecule has 2 N–H and O–H groups in total. The third-order valence-corrected chi connectivity index (χ3v) is 3.11. The SMILES string of the molecule is CCC[C@H](N)c1ccc(SCC)cc1.Cl. The minimum Gasteiger partial charge on any atom is -0.324 e.